The number of hydrogen-bond acceptors (Lipinski definition) is 2. The van der Waals surface area contributed by atoms with Crippen LogP contribution in [0.1, 0.15) is 26.7 Å². The van der Waals surface area contributed by atoms with E-state index >= 15 is 0 Å². The van der Waals surface area contributed by atoms with Gasteiger partial charge in [0.1, 0.15) is 0 Å². The molecule has 1 fully saturated rings. The summed E-state index contributed by atoms with van der Waals surface area (Å²) in [4.78, 5) is 0. The van der Waals surface area contributed by atoms with Crippen LogP contribution >= 0.6 is 0 Å². The van der Waals surface area contributed by atoms with Gasteiger partial charge in [-0.1, -0.05) is 13.8 Å². The Kier molecular flexibility index (Phi) is 7.29. The minimum atomic E-state index is -2.62. The van der Waals surface area contributed by atoms with Crippen LogP contribution in [0, 0.1) is 0 Å². The molecule has 0 aromatic rings. The zero-order valence-electron chi connectivity index (χ0n) is 7.65. The molecule has 4 heteroatoms. The van der Waals surface area contributed by atoms with E-state index < -0.39 is 6.61 Å². The maximum atomic E-state index is 11.4. The minimum Gasteiger partial charge on any atom is -0.321 e. The molecule has 0 aliphatic carbocycles. The van der Waals surface area contributed by atoms with Gasteiger partial charge in [-0.05, 0) is 19.4 Å². The smallest absolute Gasteiger partial charge is 0.321 e. The van der Waals surface area contributed by atoms with Gasteiger partial charge >= 0.3 is 6.61 Å². The molecular weight excluding hydrogens is 164 g/mol. The van der Waals surface area contributed by atoms with Crippen molar-refractivity contribution in [2.75, 3.05) is 13.2 Å². The highest BCUT2D eigenvalue weighted by molar-refractivity contribution is 4.72. The molecule has 1 rings (SSSR count). The first-order valence-corrected chi connectivity index (χ1v) is 4.42. The number of hydrogen-bond donors (Lipinski definition) is 1. The standard InChI is InChI=1S/C6H11F2NO.C2H6/c7-6(8)10-4-5-2-1-3-9-5;1-2/h5-6,9H,1-4H2;1-2H3. The Bertz CT molecular complexity index is 95.1. The third kappa shape index (κ3) is 5.43. The van der Waals surface area contributed by atoms with Crippen LogP contribution in [0.2, 0.25) is 0 Å². The molecule has 1 atom stereocenters. The van der Waals surface area contributed by atoms with Crippen molar-refractivity contribution in [1.29, 1.82) is 0 Å². The molecule has 1 unspecified atom stereocenters. The predicted octanol–water partition coefficient (Wildman–Crippen LogP) is 2.00. The summed E-state index contributed by atoms with van der Waals surface area (Å²) in [5, 5.41) is 3.05. The summed E-state index contributed by atoms with van der Waals surface area (Å²) in [5.41, 5.74) is 0. The Hall–Kier alpha value is -0.220. The van der Waals surface area contributed by atoms with Crippen LogP contribution in [-0.4, -0.2) is 25.8 Å². The van der Waals surface area contributed by atoms with E-state index in [-0.39, 0.29) is 12.6 Å². The van der Waals surface area contributed by atoms with Crippen molar-refractivity contribution >= 4 is 0 Å². The Morgan fingerprint density at radius 1 is 1.50 bits per heavy atom. The maximum Gasteiger partial charge on any atom is 0.345 e. The average molecular weight is 181 g/mol. The lowest BCUT2D eigenvalue weighted by Gasteiger charge is -2.08. The van der Waals surface area contributed by atoms with Gasteiger partial charge in [-0.2, -0.15) is 8.78 Å². The van der Waals surface area contributed by atoms with Crippen molar-refractivity contribution in [3.8, 4) is 0 Å². The third-order valence-electron chi connectivity index (χ3n) is 1.59. The summed E-state index contributed by atoms with van der Waals surface area (Å²) in [6, 6.07) is 0.147. The summed E-state index contributed by atoms with van der Waals surface area (Å²) < 4.78 is 27.0. The second kappa shape index (κ2) is 7.43. The molecule has 0 saturated carbocycles. The van der Waals surface area contributed by atoms with Gasteiger partial charge in [0, 0.05) is 6.04 Å². The largest absolute Gasteiger partial charge is 0.345 e. The Labute approximate surface area is 72.3 Å². The topological polar surface area (TPSA) is 21.3 Å². The molecule has 0 bridgehead atoms. The first kappa shape index (κ1) is 11.8. The number of halogens is 2. The highest BCUT2D eigenvalue weighted by Crippen LogP contribution is 2.06. The van der Waals surface area contributed by atoms with E-state index in [9.17, 15) is 8.78 Å². The molecule has 0 amide bonds. The van der Waals surface area contributed by atoms with Gasteiger partial charge in [0.2, 0.25) is 0 Å². The highest BCUT2D eigenvalue weighted by atomic mass is 19.3. The molecule has 1 aliphatic rings. The molecule has 0 radical (unpaired) electrons. The van der Waals surface area contributed by atoms with Crippen LogP contribution in [0.5, 0.6) is 0 Å². The Morgan fingerprint density at radius 3 is 2.58 bits per heavy atom. The van der Waals surface area contributed by atoms with Gasteiger partial charge in [-0.25, -0.2) is 0 Å². The fraction of sp³-hybridized carbons (Fsp3) is 1.00. The molecule has 0 aromatic heterocycles. The Morgan fingerprint density at radius 2 is 2.17 bits per heavy atom. The molecule has 74 valence electrons. The van der Waals surface area contributed by atoms with Crippen LogP contribution in [0.15, 0.2) is 0 Å². The number of rotatable bonds is 3. The number of ether oxygens (including phenoxy) is 1. The number of alkyl halides is 2. The van der Waals surface area contributed by atoms with Crippen LogP contribution in [-0.2, 0) is 4.74 Å². The molecule has 1 aliphatic heterocycles. The summed E-state index contributed by atoms with van der Waals surface area (Å²) in [7, 11) is 0. The minimum absolute atomic E-state index is 0.137. The van der Waals surface area contributed by atoms with Crippen molar-refractivity contribution in [1.82, 2.24) is 5.32 Å². The van der Waals surface area contributed by atoms with E-state index in [4.69, 9.17) is 0 Å². The molecule has 12 heavy (non-hydrogen) atoms. The SMILES string of the molecule is CC.FC(F)OCC1CCCN1. The summed E-state index contributed by atoms with van der Waals surface area (Å²) in [5.74, 6) is 0. The van der Waals surface area contributed by atoms with Gasteiger partial charge in [0.05, 0.1) is 6.61 Å². The quantitative estimate of drug-likeness (QED) is 0.719. The van der Waals surface area contributed by atoms with Crippen molar-refractivity contribution in [2.24, 2.45) is 0 Å². The van der Waals surface area contributed by atoms with Crippen LogP contribution in [0.4, 0.5) is 8.78 Å². The zero-order chi connectivity index (χ0) is 9.40. The number of nitrogens with one attached hydrogen (secondary N) is 1. The summed E-state index contributed by atoms with van der Waals surface area (Å²) >= 11 is 0. The Balaban J connectivity index is 0.000000561. The van der Waals surface area contributed by atoms with Gasteiger partial charge < -0.3 is 10.1 Å². The van der Waals surface area contributed by atoms with Gasteiger partial charge in [-0.15, -0.1) is 0 Å². The molecule has 2 nitrogen and oxygen atoms in total. The monoisotopic (exact) mass is 181 g/mol. The van der Waals surface area contributed by atoms with Crippen molar-refractivity contribution in [3.05, 3.63) is 0 Å². The zero-order valence-corrected chi connectivity index (χ0v) is 7.65. The summed E-state index contributed by atoms with van der Waals surface area (Å²) in [6.07, 6.45) is 2.02. The molecule has 1 N–H and O–H groups in total. The van der Waals surface area contributed by atoms with Gasteiger partial charge in [-0.3, -0.25) is 0 Å². The van der Waals surface area contributed by atoms with E-state index in [0.717, 1.165) is 19.4 Å². The lowest BCUT2D eigenvalue weighted by molar-refractivity contribution is -0.132. The van der Waals surface area contributed by atoms with Crippen LogP contribution in [0.3, 0.4) is 0 Å². The molecule has 0 aromatic carbocycles. The lowest BCUT2D eigenvalue weighted by Crippen LogP contribution is -2.27. The summed E-state index contributed by atoms with van der Waals surface area (Å²) in [6.45, 7) is 2.44. The van der Waals surface area contributed by atoms with E-state index in [1.54, 1.807) is 0 Å². The maximum absolute atomic E-state index is 11.4. The lowest BCUT2D eigenvalue weighted by atomic mass is 10.2. The van der Waals surface area contributed by atoms with Crippen LogP contribution < -0.4 is 5.32 Å². The second-order valence-electron chi connectivity index (χ2n) is 2.39. The molecule has 1 heterocycles. The van der Waals surface area contributed by atoms with Gasteiger partial charge in [0.25, 0.3) is 0 Å². The van der Waals surface area contributed by atoms with Gasteiger partial charge in [0.15, 0.2) is 0 Å². The second-order valence-corrected chi connectivity index (χ2v) is 2.39. The van der Waals surface area contributed by atoms with Crippen molar-refractivity contribution < 1.29 is 13.5 Å². The molecular formula is C8H17F2NO. The predicted molar refractivity (Wildman–Crippen MR) is 44.3 cm³/mol. The van der Waals surface area contributed by atoms with E-state index in [1.165, 1.54) is 0 Å². The third-order valence-corrected chi connectivity index (χ3v) is 1.59. The van der Waals surface area contributed by atoms with Crippen molar-refractivity contribution in [2.45, 2.75) is 39.3 Å². The molecule has 0 spiro atoms. The molecule has 1 saturated heterocycles. The van der Waals surface area contributed by atoms with Crippen molar-refractivity contribution in [3.63, 3.8) is 0 Å². The average Bonchev–Trinajstić information content (AvgIpc) is 2.56. The highest BCUT2D eigenvalue weighted by Gasteiger charge is 2.15. The van der Waals surface area contributed by atoms with E-state index in [0.29, 0.717) is 0 Å². The first-order chi connectivity index (χ1) is 5.79. The normalized spacial score (nSPS) is 22.2. The van der Waals surface area contributed by atoms with Crippen LogP contribution in [0.25, 0.3) is 0 Å². The van der Waals surface area contributed by atoms with E-state index in [1.807, 2.05) is 13.8 Å². The fourth-order valence-electron chi connectivity index (χ4n) is 1.09. The first-order valence-electron chi connectivity index (χ1n) is 4.42. The van der Waals surface area contributed by atoms with E-state index in [2.05, 4.69) is 10.1 Å². The fourth-order valence-corrected chi connectivity index (χ4v) is 1.09.